The monoisotopic (exact) mass is 306 g/mol. The summed E-state index contributed by atoms with van der Waals surface area (Å²) in [6.07, 6.45) is 9.69. The number of imidazole rings is 1. The van der Waals surface area contributed by atoms with E-state index in [-0.39, 0.29) is 5.91 Å². The zero-order chi connectivity index (χ0) is 16.1. The third-order valence-corrected chi connectivity index (χ3v) is 3.75. The maximum atomic E-state index is 12.5. The number of amides is 1. The van der Waals surface area contributed by atoms with Gasteiger partial charge in [0.05, 0.1) is 6.33 Å². The second-order valence-corrected chi connectivity index (χ2v) is 5.35. The van der Waals surface area contributed by atoms with E-state index in [9.17, 15) is 4.79 Å². The van der Waals surface area contributed by atoms with Crippen molar-refractivity contribution in [1.29, 1.82) is 0 Å². The molecule has 0 spiro atoms. The van der Waals surface area contributed by atoms with Crippen LogP contribution in [0.5, 0.6) is 0 Å². The molecule has 3 aromatic rings. The topological polar surface area (TPSA) is 51.0 Å². The number of pyridine rings is 1. The number of rotatable bonds is 5. The lowest BCUT2D eigenvalue weighted by molar-refractivity contribution is 0.0796. The molecule has 23 heavy (non-hydrogen) atoms. The van der Waals surface area contributed by atoms with E-state index in [0.29, 0.717) is 12.1 Å². The van der Waals surface area contributed by atoms with Crippen LogP contribution in [0.15, 0.2) is 67.5 Å². The Kier molecular flexibility index (Phi) is 4.47. The fourth-order valence-corrected chi connectivity index (χ4v) is 2.36. The van der Waals surface area contributed by atoms with Crippen molar-refractivity contribution < 1.29 is 4.79 Å². The minimum atomic E-state index is 0.0243. The molecule has 0 bridgehead atoms. The molecule has 5 nitrogen and oxygen atoms in total. The first kappa shape index (κ1) is 15.0. The molecule has 0 aliphatic heterocycles. The van der Waals surface area contributed by atoms with Gasteiger partial charge in [-0.1, -0.05) is 0 Å². The molecular weight excluding hydrogens is 288 g/mol. The van der Waals surface area contributed by atoms with Crippen LogP contribution in [0.4, 0.5) is 0 Å². The molecule has 0 saturated carbocycles. The second-order valence-electron chi connectivity index (χ2n) is 5.35. The van der Waals surface area contributed by atoms with Crippen LogP contribution >= 0.6 is 0 Å². The highest BCUT2D eigenvalue weighted by Crippen LogP contribution is 2.11. The summed E-state index contributed by atoms with van der Waals surface area (Å²) < 4.78 is 1.90. The summed E-state index contributed by atoms with van der Waals surface area (Å²) in [6.45, 7) is 0.673. The Morgan fingerprint density at radius 3 is 2.43 bits per heavy atom. The molecule has 0 saturated heterocycles. The molecule has 116 valence electrons. The van der Waals surface area contributed by atoms with Gasteiger partial charge in [0.1, 0.15) is 0 Å². The number of nitrogens with zero attached hydrogens (tertiary/aromatic N) is 4. The molecule has 2 heterocycles. The normalized spacial score (nSPS) is 10.5. The van der Waals surface area contributed by atoms with Crippen molar-refractivity contribution in [2.45, 2.75) is 6.42 Å². The lowest BCUT2D eigenvalue weighted by atomic mass is 10.1. The molecule has 0 radical (unpaired) electrons. The lowest BCUT2D eigenvalue weighted by Gasteiger charge is -2.17. The Morgan fingerprint density at radius 2 is 1.78 bits per heavy atom. The molecule has 0 aliphatic carbocycles. The number of carbonyl (C=O) groups excluding carboxylic acids is 1. The number of hydrogen-bond acceptors (Lipinski definition) is 3. The molecule has 5 heteroatoms. The standard InChI is InChI=1S/C18H18N4O/c1-21(12-8-15-6-9-19-10-7-15)18(23)16-2-4-17(5-3-16)22-13-11-20-14-22/h2-7,9-11,13-14H,8,12H2,1H3. The van der Waals surface area contributed by atoms with E-state index in [4.69, 9.17) is 0 Å². The number of carbonyl (C=O) groups is 1. The van der Waals surface area contributed by atoms with Crippen molar-refractivity contribution in [1.82, 2.24) is 19.4 Å². The number of benzene rings is 1. The van der Waals surface area contributed by atoms with Gasteiger partial charge in [0.25, 0.3) is 5.91 Å². The van der Waals surface area contributed by atoms with Crippen LogP contribution in [0.25, 0.3) is 5.69 Å². The van der Waals surface area contributed by atoms with E-state index in [0.717, 1.165) is 12.1 Å². The van der Waals surface area contributed by atoms with E-state index in [1.807, 2.05) is 54.2 Å². The van der Waals surface area contributed by atoms with Crippen molar-refractivity contribution in [2.75, 3.05) is 13.6 Å². The third kappa shape index (κ3) is 3.63. The minimum absolute atomic E-state index is 0.0243. The molecule has 0 unspecified atom stereocenters. The van der Waals surface area contributed by atoms with E-state index >= 15 is 0 Å². The van der Waals surface area contributed by atoms with Gasteiger partial charge in [0.2, 0.25) is 0 Å². The van der Waals surface area contributed by atoms with Gasteiger partial charge in [-0.25, -0.2) is 4.98 Å². The van der Waals surface area contributed by atoms with Crippen molar-refractivity contribution in [3.05, 3.63) is 78.6 Å². The summed E-state index contributed by atoms with van der Waals surface area (Å²) in [5.74, 6) is 0.0243. The summed E-state index contributed by atoms with van der Waals surface area (Å²) in [5, 5.41) is 0. The van der Waals surface area contributed by atoms with E-state index in [2.05, 4.69) is 9.97 Å². The molecule has 0 aliphatic rings. The Hall–Kier alpha value is -2.95. The summed E-state index contributed by atoms with van der Waals surface area (Å²) >= 11 is 0. The highest BCUT2D eigenvalue weighted by Gasteiger charge is 2.11. The first-order valence-electron chi connectivity index (χ1n) is 7.47. The van der Waals surface area contributed by atoms with Crippen LogP contribution in [0.1, 0.15) is 15.9 Å². The van der Waals surface area contributed by atoms with Crippen LogP contribution in [-0.4, -0.2) is 38.9 Å². The van der Waals surface area contributed by atoms with Crippen molar-refractivity contribution in [3.8, 4) is 5.69 Å². The molecular formula is C18H18N4O. The fourth-order valence-electron chi connectivity index (χ4n) is 2.36. The predicted molar refractivity (Wildman–Crippen MR) is 88.5 cm³/mol. The molecule has 0 atom stereocenters. The predicted octanol–water partition coefficient (Wildman–Crippen LogP) is 2.58. The number of aromatic nitrogens is 3. The molecule has 3 rings (SSSR count). The first-order chi connectivity index (χ1) is 11.2. The van der Waals surface area contributed by atoms with Gasteiger partial charge < -0.3 is 9.47 Å². The lowest BCUT2D eigenvalue weighted by Crippen LogP contribution is -2.28. The quantitative estimate of drug-likeness (QED) is 0.728. The smallest absolute Gasteiger partial charge is 0.253 e. The fraction of sp³-hybridized carbons (Fsp3) is 0.167. The Labute approximate surface area is 135 Å². The third-order valence-electron chi connectivity index (χ3n) is 3.75. The van der Waals surface area contributed by atoms with Gasteiger partial charge in [0.15, 0.2) is 0 Å². The van der Waals surface area contributed by atoms with Crippen LogP contribution in [0.3, 0.4) is 0 Å². The van der Waals surface area contributed by atoms with E-state index in [1.54, 1.807) is 29.8 Å². The first-order valence-corrected chi connectivity index (χ1v) is 7.47. The number of hydrogen-bond donors (Lipinski definition) is 0. The van der Waals surface area contributed by atoms with Gasteiger partial charge in [0, 0.05) is 49.6 Å². The molecule has 2 aromatic heterocycles. The van der Waals surface area contributed by atoms with Crippen LogP contribution < -0.4 is 0 Å². The minimum Gasteiger partial charge on any atom is -0.341 e. The Balaban J connectivity index is 1.63. The van der Waals surface area contributed by atoms with Crippen LogP contribution in [0, 0.1) is 0 Å². The molecule has 0 fully saturated rings. The highest BCUT2D eigenvalue weighted by atomic mass is 16.2. The maximum Gasteiger partial charge on any atom is 0.253 e. The number of likely N-dealkylation sites (N-methyl/N-ethyl adjacent to an activating group) is 1. The summed E-state index contributed by atoms with van der Waals surface area (Å²) in [4.78, 5) is 22.2. The zero-order valence-corrected chi connectivity index (χ0v) is 13.0. The Morgan fingerprint density at radius 1 is 1.04 bits per heavy atom. The van der Waals surface area contributed by atoms with Gasteiger partial charge in [-0.05, 0) is 48.4 Å². The molecule has 0 N–H and O–H groups in total. The van der Waals surface area contributed by atoms with Crippen LogP contribution in [0.2, 0.25) is 0 Å². The average Bonchev–Trinajstić information content (AvgIpc) is 3.15. The largest absolute Gasteiger partial charge is 0.341 e. The van der Waals surface area contributed by atoms with Gasteiger partial charge in [-0.2, -0.15) is 0 Å². The Bertz CT molecular complexity index is 751. The van der Waals surface area contributed by atoms with Gasteiger partial charge >= 0.3 is 0 Å². The summed E-state index contributed by atoms with van der Waals surface area (Å²) in [7, 11) is 1.83. The highest BCUT2D eigenvalue weighted by molar-refractivity contribution is 5.94. The SMILES string of the molecule is CN(CCc1ccncc1)C(=O)c1ccc(-n2ccnc2)cc1. The van der Waals surface area contributed by atoms with Gasteiger partial charge in [-0.15, -0.1) is 0 Å². The van der Waals surface area contributed by atoms with E-state index < -0.39 is 0 Å². The zero-order valence-electron chi connectivity index (χ0n) is 13.0. The second kappa shape index (κ2) is 6.87. The maximum absolute atomic E-state index is 12.5. The van der Waals surface area contributed by atoms with Crippen molar-refractivity contribution in [2.24, 2.45) is 0 Å². The van der Waals surface area contributed by atoms with Crippen molar-refractivity contribution in [3.63, 3.8) is 0 Å². The van der Waals surface area contributed by atoms with Gasteiger partial charge in [-0.3, -0.25) is 9.78 Å². The summed E-state index contributed by atoms with van der Waals surface area (Å²) in [5.41, 5.74) is 2.85. The van der Waals surface area contributed by atoms with Crippen molar-refractivity contribution >= 4 is 5.91 Å². The molecule has 1 amide bonds. The van der Waals surface area contributed by atoms with Crippen LogP contribution in [-0.2, 0) is 6.42 Å². The average molecular weight is 306 g/mol. The molecule has 1 aromatic carbocycles. The summed E-state index contributed by atoms with van der Waals surface area (Å²) in [6, 6.07) is 11.5. The van der Waals surface area contributed by atoms with E-state index in [1.165, 1.54) is 5.56 Å².